The Morgan fingerprint density at radius 2 is 1.92 bits per heavy atom. The van der Waals surface area contributed by atoms with Gasteiger partial charge in [0.1, 0.15) is 10.6 Å². The number of piperazine rings is 1. The van der Waals surface area contributed by atoms with E-state index in [2.05, 4.69) is 15.1 Å². The molecule has 2 N–H and O–H groups in total. The number of para-hydroxylation sites is 2. The zero-order valence-corrected chi connectivity index (χ0v) is 15.3. The molecule has 1 aromatic heterocycles. The minimum atomic E-state index is -0.452. The standard InChI is InChI=1S/C18H21N3O4S/c1-25-18(24)17-13(6-11-26-17)19-16(23)12-20-7-9-21(10-8-20)14-4-2-3-5-15(14)22/h2-6,11,22H,7-10,12H2,1H3,(H,19,23). The van der Waals surface area contributed by atoms with Crippen LogP contribution in [0.2, 0.25) is 0 Å². The van der Waals surface area contributed by atoms with E-state index in [0.717, 1.165) is 31.9 Å². The molecular weight excluding hydrogens is 354 g/mol. The summed E-state index contributed by atoms with van der Waals surface area (Å²) < 4.78 is 4.71. The van der Waals surface area contributed by atoms with E-state index in [1.54, 1.807) is 23.6 Å². The predicted molar refractivity (Wildman–Crippen MR) is 101 cm³/mol. The summed E-state index contributed by atoms with van der Waals surface area (Å²) in [6, 6.07) is 8.96. The molecule has 1 aliphatic rings. The van der Waals surface area contributed by atoms with E-state index in [1.165, 1.54) is 18.4 Å². The van der Waals surface area contributed by atoms with Gasteiger partial charge in [0.05, 0.1) is 25.0 Å². The molecule has 138 valence electrons. The van der Waals surface area contributed by atoms with Crippen molar-refractivity contribution < 1.29 is 19.4 Å². The van der Waals surface area contributed by atoms with Crippen molar-refractivity contribution in [1.29, 1.82) is 0 Å². The lowest BCUT2D eigenvalue weighted by atomic mass is 10.2. The summed E-state index contributed by atoms with van der Waals surface area (Å²) >= 11 is 1.24. The number of methoxy groups -OCH3 is 1. The number of rotatable bonds is 5. The summed E-state index contributed by atoms with van der Waals surface area (Å²) in [5, 5.41) is 14.5. The Bertz CT molecular complexity index is 784. The quantitative estimate of drug-likeness (QED) is 0.778. The molecule has 2 aromatic rings. The average Bonchev–Trinajstić information content (AvgIpc) is 3.10. The van der Waals surface area contributed by atoms with Crippen molar-refractivity contribution in [3.8, 4) is 5.75 Å². The molecule has 1 fully saturated rings. The second kappa shape index (κ2) is 8.20. The molecule has 0 aliphatic carbocycles. The van der Waals surface area contributed by atoms with Crippen LogP contribution in [0, 0.1) is 0 Å². The van der Waals surface area contributed by atoms with Crippen LogP contribution in [0.4, 0.5) is 11.4 Å². The largest absolute Gasteiger partial charge is 0.506 e. The Labute approximate surface area is 155 Å². The first-order chi connectivity index (χ1) is 12.6. The lowest BCUT2D eigenvalue weighted by Gasteiger charge is -2.35. The van der Waals surface area contributed by atoms with Gasteiger partial charge in [0, 0.05) is 26.2 Å². The Hall–Kier alpha value is -2.58. The number of anilines is 2. The second-order valence-electron chi connectivity index (χ2n) is 5.96. The number of carbonyl (C=O) groups is 2. The van der Waals surface area contributed by atoms with Gasteiger partial charge in [-0.3, -0.25) is 9.69 Å². The highest BCUT2D eigenvalue weighted by Crippen LogP contribution is 2.27. The molecule has 1 saturated heterocycles. The maximum Gasteiger partial charge on any atom is 0.350 e. The molecule has 0 atom stereocenters. The van der Waals surface area contributed by atoms with Crippen LogP contribution in [0.25, 0.3) is 0 Å². The van der Waals surface area contributed by atoms with E-state index in [0.29, 0.717) is 10.6 Å². The van der Waals surface area contributed by atoms with E-state index >= 15 is 0 Å². The Kier molecular flexibility index (Phi) is 5.75. The number of ether oxygens (including phenoxy) is 1. The zero-order valence-electron chi connectivity index (χ0n) is 14.5. The SMILES string of the molecule is COC(=O)c1sccc1NC(=O)CN1CCN(c2ccccc2O)CC1. The van der Waals surface area contributed by atoms with Gasteiger partial charge in [-0.25, -0.2) is 4.79 Å². The minimum Gasteiger partial charge on any atom is -0.506 e. The number of nitrogens with zero attached hydrogens (tertiary/aromatic N) is 2. The lowest BCUT2D eigenvalue weighted by molar-refractivity contribution is -0.117. The van der Waals surface area contributed by atoms with Crippen LogP contribution in [0.1, 0.15) is 9.67 Å². The van der Waals surface area contributed by atoms with Gasteiger partial charge in [0.2, 0.25) is 5.91 Å². The highest BCUT2D eigenvalue weighted by molar-refractivity contribution is 7.12. The van der Waals surface area contributed by atoms with E-state index in [-0.39, 0.29) is 18.2 Å². The van der Waals surface area contributed by atoms with Crippen LogP contribution in [-0.2, 0) is 9.53 Å². The summed E-state index contributed by atoms with van der Waals surface area (Å²) in [7, 11) is 1.32. The van der Waals surface area contributed by atoms with E-state index < -0.39 is 5.97 Å². The number of thiophene rings is 1. The fourth-order valence-electron chi connectivity index (χ4n) is 2.93. The van der Waals surface area contributed by atoms with E-state index in [9.17, 15) is 14.7 Å². The normalized spacial score (nSPS) is 14.9. The summed E-state index contributed by atoms with van der Waals surface area (Å²) in [6.45, 7) is 3.16. The van der Waals surface area contributed by atoms with Crippen molar-refractivity contribution >= 4 is 34.6 Å². The Morgan fingerprint density at radius 3 is 2.62 bits per heavy atom. The van der Waals surface area contributed by atoms with Gasteiger partial charge in [-0.2, -0.15) is 0 Å². The van der Waals surface area contributed by atoms with Gasteiger partial charge < -0.3 is 20.1 Å². The number of hydrogen-bond donors (Lipinski definition) is 2. The number of phenolic OH excluding ortho intramolecular Hbond substituents is 1. The van der Waals surface area contributed by atoms with Crippen molar-refractivity contribution in [2.45, 2.75) is 0 Å². The van der Waals surface area contributed by atoms with Crippen molar-refractivity contribution in [2.75, 3.05) is 50.1 Å². The number of aromatic hydroxyl groups is 1. The summed E-state index contributed by atoms with van der Waals surface area (Å²) in [5.74, 6) is -0.345. The summed E-state index contributed by atoms with van der Waals surface area (Å²) in [5.41, 5.74) is 1.30. The molecule has 0 saturated carbocycles. The average molecular weight is 375 g/mol. The molecule has 1 amide bonds. The zero-order chi connectivity index (χ0) is 18.5. The number of hydrogen-bond acceptors (Lipinski definition) is 7. The minimum absolute atomic E-state index is 0.162. The van der Waals surface area contributed by atoms with Crippen LogP contribution in [-0.4, -0.2) is 61.7 Å². The summed E-state index contributed by atoms with van der Waals surface area (Å²) in [4.78, 5) is 28.5. The number of nitrogens with one attached hydrogen (secondary N) is 1. The van der Waals surface area contributed by atoms with Crippen LogP contribution < -0.4 is 10.2 Å². The van der Waals surface area contributed by atoms with Crippen LogP contribution >= 0.6 is 11.3 Å². The van der Waals surface area contributed by atoms with Crippen molar-refractivity contribution in [1.82, 2.24) is 4.90 Å². The first kappa shape index (κ1) is 18.2. The fraction of sp³-hybridized carbons (Fsp3) is 0.333. The molecule has 0 unspecified atom stereocenters. The highest BCUT2D eigenvalue weighted by Gasteiger charge is 2.22. The number of amides is 1. The molecule has 26 heavy (non-hydrogen) atoms. The van der Waals surface area contributed by atoms with Crippen LogP contribution in [0.15, 0.2) is 35.7 Å². The van der Waals surface area contributed by atoms with Gasteiger partial charge in [-0.15, -0.1) is 11.3 Å². The predicted octanol–water partition coefficient (Wildman–Crippen LogP) is 2.00. The first-order valence-corrected chi connectivity index (χ1v) is 9.17. The molecule has 0 radical (unpaired) electrons. The van der Waals surface area contributed by atoms with Crippen molar-refractivity contribution in [3.05, 3.63) is 40.6 Å². The molecule has 8 heteroatoms. The molecule has 7 nitrogen and oxygen atoms in total. The fourth-order valence-corrected chi connectivity index (χ4v) is 3.70. The Morgan fingerprint density at radius 1 is 1.19 bits per heavy atom. The molecule has 2 heterocycles. The van der Waals surface area contributed by atoms with E-state index in [1.807, 2.05) is 12.1 Å². The van der Waals surface area contributed by atoms with E-state index in [4.69, 9.17) is 4.74 Å². The third-order valence-corrected chi connectivity index (χ3v) is 5.17. The molecular formula is C18H21N3O4S. The topological polar surface area (TPSA) is 82.1 Å². The van der Waals surface area contributed by atoms with Crippen molar-refractivity contribution in [2.24, 2.45) is 0 Å². The van der Waals surface area contributed by atoms with Gasteiger partial charge >= 0.3 is 5.97 Å². The third kappa shape index (κ3) is 4.14. The second-order valence-corrected chi connectivity index (χ2v) is 6.87. The molecule has 0 spiro atoms. The lowest BCUT2D eigenvalue weighted by Crippen LogP contribution is -2.48. The molecule has 0 bridgehead atoms. The summed E-state index contributed by atoms with van der Waals surface area (Å²) in [6.07, 6.45) is 0. The van der Waals surface area contributed by atoms with Crippen LogP contribution in [0.3, 0.4) is 0 Å². The molecule has 1 aromatic carbocycles. The molecule has 1 aliphatic heterocycles. The van der Waals surface area contributed by atoms with Gasteiger partial charge in [-0.05, 0) is 23.6 Å². The molecule has 3 rings (SSSR count). The number of benzene rings is 1. The van der Waals surface area contributed by atoms with Crippen molar-refractivity contribution in [3.63, 3.8) is 0 Å². The number of esters is 1. The smallest absolute Gasteiger partial charge is 0.350 e. The third-order valence-electron chi connectivity index (χ3n) is 4.27. The monoisotopic (exact) mass is 375 g/mol. The van der Waals surface area contributed by atoms with Gasteiger partial charge in [0.15, 0.2) is 0 Å². The van der Waals surface area contributed by atoms with Gasteiger partial charge in [-0.1, -0.05) is 12.1 Å². The highest BCUT2D eigenvalue weighted by atomic mass is 32.1. The first-order valence-electron chi connectivity index (χ1n) is 8.29. The van der Waals surface area contributed by atoms with Crippen LogP contribution in [0.5, 0.6) is 5.75 Å². The van der Waals surface area contributed by atoms with Gasteiger partial charge in [0.25, 0.3) is 0 Å². The maximum atomic E-state index is 12.3. The maximum absolute atomic E-state index is 12.3. The number of phenols is 1. The Balaban J connectivity index is 1.52. The number of carbonyl (C=O) groups excluding carboxylic acids is 2.